The fourth-order valence-corrected chi connectivity index (χ4v) is 4.39. The molecule has 174 valence electrons. The Morgan fingerprint density at radius 3 is 2.24 bits per heavy atom. The number of anilines is 2. The number of rotatable bonds is 9. The van der Waals surface area contributed by atoms with Crippen LogP contribution in [0.25, 0.3) is 0 Å². The lowest BCUT2D eigenvalue weighted by molar-refractivity contribution is -0.113. The van der Waals surface area contributed by atoms with Gasteiger partial charge in [-0.1, -0.05) is 11.8 Å². The normalized spacial score (nSPS) is 11.0. The van der Waals surface area contributed by atoms with Gasteiger partial charge in [-0.15, -0.1) is 0 Å². The first-order valence-corrected chi connectivity index (χ1v) is 12.0. The average molecular weight is 491 g/mol. The lowest BCUT2D eigenvalue weighted by Gasteiger charge is -2.10. The monoisotopic (exact) mass is 490 g/mol. The number of nitrogens with zero attached hydrogens (tertiary/aromatic N) is 4. The molecule has 0 unspecified atom stereocenters. The molecule has 0 saturated heterocycles. The van der Waals surface area contributed by atoms with Gasteiger partial charge in [-0.2, -0.15) is 9.97 Å². The largest absolute Gasteiger partial charge is 0.481 e. The molecule has 11 nitrogen and oxygen atoms in total. The topological polar surface area (TPSA) is 145 Å². The molecule has 0 aliphatic rings. The molecule has 3 rings (SSSR count). The second-order valence-electron chi connectivity index (χ2n) is 6.68. The first-order chi connectivity index (χ1) is 15.7. The highest BCUT2D eigenvalue weighted by molar-refractivity contribution is 7.99. The van der Waals surface area contributed by atoms with Gasteiger partial charge in [0.05, 0.1) is 24.9 Å². The zero-order chi connectivity index (χ0) is 24.0. The van der Waals surface area contributed by atoms with Crippen LogP contribution in [0.15, 0.2) is 46.5 Å². The molecule has 0 atom stereocenters. The van der Waals surface area contributed by atoms with Gasteiger partial charge in [-0.25, -0.2) is 18.4 Å². The minimum Gasteiger partial charge on any atom is -0.481 e. The van der Waals surface area contributed by atoms with E-state index in [2.05, 4.69) is 30.0 Å². The Morgan fingerprint density at radius 2 is 1.64 bits per heavy atom. The summed E-state index contributed by atoms with van der Waals surface area (Å²) < 4.78 is 37.7. The van der Waals surface area contributed by atoms with Crippen LogP contribution in [0.5, 0.6) is 11.9 Å². The maximum atomic E-state index is 12.7. The van der Waals surface area contributed by atoms with Gasteiger partial charge >= 0.3 is 6.01 Å². The molecule has 13 heteroatoms. The van der Waals surface area contributed by atoms with Crippen molar-refractivity contribution in [2.75, 3.05) is 30.0 Å². The number of benzene rings is 1. The predicted octanol–water partition coefficient (Wildman–Crippen LogP) is 2.43. The van der Waals surface area contributed by atoms with Crippen molar-refractivity contribution in [3.63, 3.8) is 0 Å². The van der Waals surface area contributed by atoms with E-state index >= 15 is 0 Å². The van der Waals surface area contributed by atoms with Crippen LogP contribution in [0.1, 0.15) is 11.4 Å². The number of aryl methyl sites for hydroxylation is 2. The van der Waals surface area contributed by atoms with Crippen LogP contribution in [0.2, 0.25) is 0 Å². The van der Waals surface area contributed by atoms with Crippen molar-refractivity contribution in [2.24, 2.45) is 0 Å². The average Bonchev–Trinajstić information content (AvgIpc) is 2.77. The number of ether oxygens (including phenoxy) is 2. The van der Waals surface area contributed by atoms with Gasteiger partial charge < -0.3 is 14.8 Å². The van der Waals surface area contributed by atoms with Crippen molar-refractivity contribution >= 4 is 39.2 Å². The van der Waals surface area contributed by atoms with E-state index in [1.807, 2.05) is 19.9 Å². The Kier molecular flexibility index (Phi) is 7.66. The third-order valence-corrected chi connectivity index (χ3v) is 6.27. The van der Waals surface area contributed by atoms with Crippen LogP contribution in [0.3, 0.4) is 0 Å². The lowest BCUT2D eigenvalue weighted by atomic mass is 10.3. The molecule has 0 aliphatic heterocycles. The molecule has 0 spiro atoms. The Morgan fingerprint density at radius 1 is 0.970 bits per heavy atom. The Labute approximate surface area is 195 Å². The summed E-state index contributed by atoms with van der Waals surface area (Å²) in [4.78, 5) is 28.7. The predicted molar refractivity (Wildman–Crippen MR) is 123 cm³/mol. The van der Waals surface area contributed by atoms with E-state index in [-0.39, 0.29) is 34.3 Å². The maximum absolute atomic E-state index is 12.7. The molecule has 2 N–H and O–H groups in total. The van der Waals surface area contributed by atoms with Gasteiger partial charge in [0, 0.05) is 23.1 Å². The lowest BCUT2D eigenvalue weighted by Crippen LogP contribution is -2.16. The molecule has 0 radical (unpaired) electrons. The summed E-state index contributed by atoms with van der Waals surface area (Å²) in [5.74, 6) is -0.0258. The summed E-state index contributed by atoms with van der Waals surface area (Å²) in [6, 6.07) is 8.85. The van der Waals surface area contributed by atoms with Gasteiger partial charge in [0.1, 0.15) is 0 Å². The Hall–Kier alpha value is -3.45. The highest BCUT2D eigenvalue weighted by Gasteiger charge is 2.17. The first-order valence-electron chi connectivity index (χ1n) is 9.53. The third kappa shape index (κ3) is 6.76. The Balaban J connectivity index is 1.63. The van der Waals surface area contributed by atoms with Crippen molar-refractivity contribution in [1.29, 1.82) is 0 Å². The molecule has 0 saturated carbocycles. The number of hydrogen-bond donors (Lipinski definition) is 2. The number of thioether (sulfide) groups is 1. The molecule has 0 fully saturated rings. The van der Waals surface area contributed by atoms with Crippen molar-refractivity contribution < 1.29 is 22.7 Å². The molecular formula is C20H22N6O5S2. The van der Waals surface area contributed by atoms with E-state index in [4.69, 9.17) is 9.47 Å². The van der Waals surface area contributed by atoms with Crippen molar-refractivity contribution in [3.8, 4) is 11.9 Å². The summed E-state index contributed by atoms with van der Waals surface area (Å²) in [5, 5.41) is 3.24. The fourth-order valence-electron chi connectivity index (χ4n) is 2.65. The van der Waals surface area contributed by atoms with Crippen LogP contribution in [-0.2, 0) is 14.8 Å². The SMILES string of the molecule is COc1cc(NS(=O)(=O)c2ccc(NC(=O)CSc3nc(C)cc(C)n3)cc2)nc(OC)n1. The van der Waals surface area contributed by atoms with Crippen molar-refractivity contribution in [1.82, 2.24) is 19.9 Å². The third-order valence-electron chi connectivity index (χ3n) is 4.06. The van der Waals surface area contributed by atoms with Crippen molar-refractivity contribution in [2.45, 2.75) is 23.9 Å². The van der Waals surface area contributed by atoms with Gasteiger partial charge in [0.2, 0.25) is 11.8 Å². The van der Waals surface area contributed by atoms with E-state index in [1.165, 1.54) is 56.3 Å². The van der Waals surface area contributed by atoms with E-state index in [0.717, 1.165) is 11.4 Å². The fraction of sp³-hybridized carbons (Fsp3) is 0.250. The standard InChI is InChI=1S/C20H22N6O5S2/c1-12-9-13(2)22-20(21-12)32-11-17(27)23-14-5-7-15(8-6-14)33(28,29)26-16-10-18(30-3)25-19(24-16)31-4/h5-10H,11H2,1-4H3,(H,23,27)(H,24,25,26). The summed E-state index contributed by atoms with van der Waals surface area (Å²) in [7, 11) is -1.20. The number of methoxy groups -OCH3 is 2. The van der Waals surface area contributed by atoms with E-state index < -0.39 is 10.0 Å². The van der Waals surface area contributed by atoms with E-state index in [1.54, 1.807) is 0 Å². The highest BCUT2D eigenvalue weighted by Crippen LogP contribution is 2.22. The maximum Gasteiger partial charge on any atom is 0.321 e. The van der Waals surface area contributed by atoms with Gasteiger partial charge in [0.25, 0.3) is 10.0 Å². The van der Waals surface area contributed by atoms with Gasteiger partial charge in [-0.3, -0.25) is 9.52 Å². The summed E-state index contributed by atoms with van der Waals surface area (Å²) in [6.07, 6.45) is 0. The van der Waals surface area contributed by atoms with Crippen LogP contribution in [-0.4, -0.2) is 54.2 Å². The zero-order valence-corrected chi connectivity index (χ0v) is 20.0. The molecule has 1 amide bonds. The summed E-state index contributed by atoms with van der Waals surface area (Å²) in [6.45, 7) is 3.72. The zero-order valence-electron chi connectivity index (χ0n) is 18.3. The van der Waals surface area contributed by atoms with Crippen molar-refractivity contribution in [3.05, 3.63) is 47.8 Å². The minimum atomic E-state index is -3.95. The molecule has 0 bridgehead atoms. The number of aromatic nitrogens is 4. The van der Waals surface area contributed by atoms with Gasteiger partial charge in [-0.05, 0) is 44.2 Å². The number of sulfonamides is 1. The molecule has 1 aromatic carbocycles. The quantitative estimate of drug-likeness (QED) is 0.339. The molecule has 0 aliphatic carbocycles. The van der Waals surface area contributed by atoms with Gasteiger partial charge in [0.15, 0.2) is 11.0 Å². The first kappa shape index (κ1) is 24.2. The molecular weight excluding hydrogens is 468 g/mol. The molecule has 3 aromatic rings. The summed E-state index contributed by atoms with van der Waals surface area (Å²) >= 11 is 1.22. The van der Waals surface area contributed by atoms with Crippen LogP contribution in [0.4, 0.5) is 11.5 Å². The smallest absolute Gasteiger partial charge is 0.321 e. The van der Waals surface area contributed by atoms with E-state index in [9.17, 15) is 13.2 Å². The second kappa shape index (κ2) is 10.4. The Bertz CT molecular complexity index is 1210. The van der Waals surface area contributed by atoms with Crippen LogP contribution < -0.4 is 19.5 Å². The number of carbonyl (C=O) groups excluding carboxylic acids is 1. The summed E-state index contributed by atoms with van der Waals surface area (Å²) in [5.41, 5.74) is 2.11. The molecule has 33 heavy (non-hydrogen) atoms. The number of carbonyl (C=O) groups is 1. The number of hydrogen-bond acceptors (Lipinski definition) is 10. The van der Waals surface area contributed by atoms with Crippen LogP contribution in [0, 0.1) is 13.8 Å². The molecule has 2 aromatic heterocycles. The highest BCUT2D eigenvalue weighted by atomic mass is 32.2. The minimum absolute atomic E-state index is 0.0123. The molecule has 2 heterocycles. The number of nitrogens with one attached hydrogen (secondary N) is 2. The number of amides is 1. The van der Waals surface area contributed by atoms with Crippen LogP contribution >= 0.6 is 11.8 Å². The second-order valence-corrected chi connectivity index (χ2v) is 9.31. The van der Waals surface area contributed by atoms with E-state index in [0.29, 0.717) is 10.8 Å².